The van der Waals surface area contributed by atoms with Crippen molar-refractivity contribution in [3.63, 3.8) is 0 Å². The minimum absolute atomic E-state index is 0.0310. The number of hydrogen-bond acceptors (Lipinski definition) is 7. The van der Waals surface area contributed by atoms with Gasteiger partial charge < -0.3 is 15.2 Å². The van der Waals surface area contributed by atoms with Gasteiger partial charge in [-0.25, -0.2) is 9.37 Å². The van der Waals surface area contributed by atoms with E-state index in [1.165, 1.54) is 13.0 Å². The molecular formula is C10H10FN3O3S. The van der Waals surface area contributed by atoms with Crippen LogP contribution in [-0.4, -0.2) is 29.2 Å². The number of esters is 1. The Balaban J connectivity index is 2.07. The van der Waals surface area contributed by atoms with Crippen LogP contribution in [0.3, 0.4) is 0 Å². The van der Waals surface area contributed by atoms with Gasteiger partial charge in [0.05, 0.1) is 0 Å². The largest absolute Gasteiger partial charge is 0.472 e. The summed E-state index contributed by atoms with van der Waals surface area (Å²) in [6.07, 6.45) is 0. The van der Waals surface area contributed by atoms with E-state index >= 15 is 0 Å². The molecular weight excluding hydrogens is 261 g/mol. The minimum atomic E-state index is -0.629. The van der Waals surface area contributed by atoms with Gasteiger partial charge >= 0.3 is 5.97 Å². The lowest BCUT2D eigenvalue weighted by Gasteiger charge is -2.05. The van der Waals surface area contributed by atoms with Crippen molar-refractivity contribution in [1.82, 2.24) is 9.97 Å². The van der Waals surface area contributed by atoms with Crippen LogP contribution >= 0.6 is 11.3 Å². The Morgan fingerprint density at radius 2 is 2.28 bits per heavy atom. The van der Waals surface area contributed by atoms with Crippen LogP contribution in [0.2, 0.25) is 0 Å². The summed E-state index contributed by atoms with van der Waals surface area (Å²) in [5.74, 6) is -1.20. The zero-order valence-corrected chi connectivity index (χ0v) is 10.3. The third-order valence-corrected chi connectivity index (χ3v) is 2.74. The molecule has 0 unspecified atom stereocenters. The predicted octanol–water partition coefficient (Wildman–Crippen LogP) is 1.35. The molecule has 0 aromatic carbocycles. The Labute approximate surface area is 106 Å². The van der Waals surface area contributed by atoms with E-state index < -0.39 is 11.8 Å². The van der Waals surface area contributed by atoms with Gasteiger partial charge in [0, 0.05) is 13.0 Å². The zero-order valence-electron chi connectivity index (χ0n) is 9.47. The quantitative estimate of drug-likeness (QED) is 0.667. The fourth-order valence-electron chi connectivity index (χ4n) is 1.27. The third-order valence-electron chi connectivity index (χ3n) is 1.95. The number of nitrogen functional groups attached to an aromatic ring is 1. The Hall–Kier alpha value is -1.96. The summed E-state index contributed by atoms with van der Waals surface area (Å²) in [6.45, 7) is 1.35. The third kappa shape index (κ3) is 2.83. The molecule has 6 nitrogen and oxygen atoms in total. The Kier molecular flexibility index (Phi) is 3.56. The maximum atomic E-state index is 13.5. The van der Waals surface area contributed by atoms with Gasteiger partial charge in [-0.3, -0.25) is 4.79 Å². The van der Waals surface area contributed by atoms with Gasteiger partial charge in [-0.05, 0) is 0 Å². The molecule has 2 rings (SSSR count). The highest BCUT2D eigenvalue weighted by molar-refractivity contribution is 7.21. The topological polar surface area (TPSA) is 87.3 Å². The first-order valence-corrected chi connectivity index (χ1v) is 5.86. The molecule has 96 valence electrons. The first kappa shape index (κ1) is 12.5. The van der Waals surface area contributed by atoms with Gasteiger partial charge in [0.15, 0.2) is 10.9 Å². The molecule has 0 spiro atoms. The average Bonchev–Trinajstić information content (AvgIpc) is 2.63. The number of ether oxygens (including phenoxy) is 2. The molecule has 0 aliphatic rings. The molecule has 0 saturated heterocycles. The van der Waals surface area contributed by atoms with Gasteiger partial charge in [-0.1, -0.05) is 11.3 Å². The van der Waals surface area contributed by atoms with E-state index in [2.05, 4.69) is 14.7 Å². The molecule has 0 radical (unpaired) electrons. The molecule has 18 heavy (non-hydrogen) atoms. The molecule has 0 atom stereocenters. The lowest BCUT2D eigenvalue weighted by molar-refractivity contribution is -0.141. The first-order valence-electron chi connectivity index (χ1n) is 5.05. The van der Waals surface area contributed by atoms with Crippen molar-refractivity contribution in [2.24, 2.45) is 0 Å². The van der Waals surface area contributed by atoms with Crippen LogP contribution in [-0.2, 0) is 9.53 Å². The van der Waals surface area contributed by atoms with Crippen molar-refractivity contribution >= 4 is 32.8 Å². The molecule has 0 amide bonds. The summed E-state index contributed by atoms with van der Waals surface area (Å²) in [6, 6.07) is 1.20. The summed E-state index contributed by atoms with van der Waals surface area (Å²) in [5, 5.41) is 0.314. The Morgan fingerprint density at radius 1 is 1.50 bits per heavy atom. The molecule has 8 heteroatoms. The molecule has 0 aliphatic carbocycles. The number of nitrogens with two attached hydrogens (primary N) is 1. The first-order chi connectivity index (χ1) is 8.56. The van der Waals surface area contributed by atoms with Gasteiger partial charge in [0.1, 0.15) is 23.6 Å². The zero-order chi connectivity index (χ0) is 13.1. The van der Waals surface area contributed by atoms with E-state index in [1.807, 2.05) is 0 Å². The summed E-state index contributed by atoms with van der Waals surface area (Å²) >= 11 is 1.14. The number of nitrogens with zero attached hydrogens (tertiary/aromatic N) is 2. The Bertz CT molecular complexity index is 587. The van der Waals surface area contributed by atoms with Gasteiger partial charge in [-0.2, -0.15) is 4.98 Å². The van der Waals surface area contributed by atoms with Gasteiger partial charge in [0.25, 0.3) is 5.88 Å². The second kappa shape index (κ2) is 5.13. The van der Waals surface area contributed by atoms with E-state index in [0.29, 0.717) is 15.5 Å². The fourth-order valence-corrected chi connectivity index (χ4v) is 1.95. The maximum Gasteiger partial charge on any atom is 0.302 e. The van der Waals surface area contributed by atoms with Crippen LogP contribution in [0.1, 0.15) is 6.92 Å². The van der Waals surface area contributed by atoms with E-state index in [9.17, 15) is 9.18 Å². The summed E-state index contributed by atoms with van der Waals surface area (Å²) < 4.78 is 23.3. The van der Waals surface area contributed by atoms with Gasteiger partial charge in [0.2, 0.25) is 0 Å². The Morgan fingerprint density at radius 3 is 3.00 bits per heavy atom. The number of fused-ring (bicyclic) bond motifs is 1. The standard InChI is InChI=1S/C10H10FN3O3S/c1-5(15)16-2-3-17-8-6(11)4-7-9(14-8)18-10(12)13-7/h4H,2-3H2,1H3,(H2,12,13). The normalized spacial score (nSPS) is 10.6. The van der Waals surface area contributed by atoms with Crippen LogP contribution in [0.25, 0.3) is 10.3 Å². The highest BCUT2D eigenvalue weighted by Gasteiger charge is 2.11. The molecule has 2 heterocycles. The van der Waals surface area contributed by atoms with Crippen molar-refractivity contribution in [3.8, 4) is 5.88 Å². The average molecular weight is 271 g/mol. The molecule has 0 bridgehead atoms. The van der Waals surface area contributed by atoms with E-state index in [4.69, 9.17) is 10.5 Å². The number of hydrogen-bond donors (Lipinski definition) is 1. The fraction of sp³-hybridized carbons (Fsp3) is 0.300. The van der Waals surface area contributed by atoms with Crippen LogP contribution in [0.15, 0.2) is 6.07 Å². The number of pyridine rings is 1. The molecule has 2 aromatic rings. The lowest BCUT2D eigenvalue weighted by Crippen LogP contribution is -2.10. The highest BCUT2D eigenvalue weighted by Crippen LogP contribution is 2.26. The van der Waals surface area contributed by atoms with Crippen molar-refractivity contribution in [2.75, 3.05) is 18.9 Å². The van der Waals surface area contributed by atoms with E-state index in [-0.39, 0.29) is 19.1 Å². The SMILES string of the molecule is CC(=O)OCCOc1nc2sc(N)nc2cc1F. The van der Waals surface area contributed by atoms with Crippen LogP contribution in [0.4, 0.5) is 9.52 Å². The minimum Gasteiger partial charge on any atom is -0.472 e. The van der Waals surface area contributed by atoms with Crippen molar-refractivity contribution in [2.45, 2.75) is 6.92 Å². The molecule has 0 saturated carbocycles. The highest BCUT2D eigenvalue weighted by atomic mass is 32.1. The van der Waals surface area contributed by atoms with Crippen LogP contribution in [0.5, 0.6) is 5.88 Å². The monoisotopic (exact) mass is 271 g/mol. The smallest absolute Gasteiger partial charge is 0.302 e. The molecule has 0 aliphatic heterocycles. The summed E-state index contributed by atoms with van der Waals surface area (Å²) in [4.78, 5) is 18.9. The van der Waals surface area contributed by atoms with Gasteiger partial charge in [-0.15, -0.1) is 0 Å². The maximum absolute atomic E-state index is 13.5. The molecule has 2 aromatic heterocycles. The number of carbonyl (C=O) groups is 1. The van der Waals surface area contributed by atoms with Crippen molar-refractivity contribution in [1.29, 1.82) is 0 Å². The summed E-state index contributed by atoms with van der Waals surface area (Å²) in [7, 11) is 0. The molecule has 2 N–H and O–H groups in total. The summed E-state index contributed by atoms with van der Waals surface area (Å²) in [5.41, 5.74) is 5.88. The van der Waals surface area contributed by atoms with E-state index in [0.717, 1.165) is 11.3 Å². The van der Waals surface area contributed by atoms with Crippen molar-refractivity contribution in [3.05, 3.63) is 11.9 Å². The number of rotatable bonds is 4. The van der Waals surface area contributed by atoms with Crippen molar-refractivity contribution < 1.29 is 18.7 Å². The molecule has 0 fully saturated rings. The lowest BCUT2D eigenvalue weighted by atomic mass is 10.4. The number of aromatic nitrogens is 2. The second-order valence-corrected chi connectivity index (χ2v) is 4.35. The van der Waals surface area contributed by atoms with E-state index in [1.54, 1.807) is 0 Å². The second-order valence-electron chi connectivity index (χ2n) is 3.34. The number of carbonyl (C=O) groups excluding carboxylic acids is 1. The number of thiazole rings is 1. The van der Waals surface area contributed by atoms with Crippen LogP contribution < -0.4 is 10.5 Å². The number of anilines is 1. The number of halogens is 1. The predicted molar refractivity (Wildman–Crippen MR) is 63.9 cm³/mol. The van der Waals surface area contributed by atoms with Crippen LogP contribution in [0, 0.1) is 5.82 Å².